The normalized spacial score (nSPS) is 11.8. The van der Waals surface area contributed by atoms with Crippen molar-refractivity contribution in [1.29, 1.82) is 0 Å². The number of hydrogen-bond donors (Lipinski definition) is 2. The maximum atomic E-state index is 14.2. The topological polar surface area (TPSA) is 124 Å². The predicted octanol–water partition coefficient (Wildman–Crippen LogP) is 4.85. The summed E-state index contributed by atoms with van der Waals surface area (Å²) in [5.74, 6) is -1.39. The Morgan fingerprint density at radius 2 is 1.52 bits per heavy atom. The van der Waals surface area contributed by atoms with Crippen molar-refractivity contribution in [3.63, 3.8) is 0 Å². The second-order valence-electron chi connectivity index (χ2n) is 9.55. The number of benzene rings is 2. The monoisotopic (exact) mass is 573 g/mol. The summed E-state index contributed by atoms with van der Waals surface area (Å²) in [4.78, 5) is 31.0. The van der Waals surface area contributed by atoms with E-state index in [0.29, 0.717) is 26.8 Å². The Bertz CT molecular complexity index is 2020. The van der Waals surface area contributed by atoms with Crippen LogP contribution in [-0.2, 0) is 20.3 Å². The number of aryl methyl sites for hydroxylation is 2. The van der Waals surface area contributed by atoms with Crippen LogP contribution in [0, 0.1) is 6.92 Å². The fourth-order valence-electron chi connectivity index (χ4n) is 4.70. The van der Waals surface area contributed by atoms with Gasteiger partial charge in [0.05, 0.1) is 41.4 Å². The molecule has 6 rings (SSSR count). The number of fused-ring (bicyclic) bond motifs is 2. The molecule has 0 aliphatic carbocycles. The lowest BCUT2D eigenvalue weighted by atomic mass is 10.0. The zero-order chi connectivity index (χ0) is 29.8. The van der Waals surface area contributed by atoms with E-state index < -0.39 is 23.7 Å². The molecule has 4 aromatic heterocycles. The highest BCUT2D eigenvalue weighted by Gasteiger charge is 2.36. The SMILES string of the molecule is Cc1c(NC(=O)c2c(NC(=O)c3cnn4c(C(F)(F)F)cc(-c5cccc6ccccc56)nc34)cnn2C)cnn1C. The molecule has 2 aromatic carbocycles. The van der Waals surface area contributed by atoms with Crippen molar-refractivity contribution in [2.45, 2.75) is 13.1 Å². The largest absolute Gasteiger partial charge is 0.433 e. The predicted molar refractivity (Wildman–Crippen MR) is 148 cm³/mol. The summed E-state index contributed by atoms with van der Waals surface area (Å²) >= 11 is 0. The highest BCUT2D eigenvalue weighted by atomic mass is 19.4. The van der Waals surface area contributed by atoms with Crippen molar-refractivity contribution < 1.29 is 22.8 Å². The van der Waals surface area contributed by atoms with Crippen LogP contribution < -0.4 is 10.6 Å². The van der Waals surface area contributed by atoms with Gasteiger partial charge >= 0.3 is 6.18 Å². The van der Waals surface area contributed by atoms with Crippen LogP contribution in [0.2, 0.25) is 0 Å². The Balaban J connectivity index is 1.40. The van der Waals surface area contributed by atoms with Gasteiger partial charge in [0.25, 0.3) is 11.8 Å². The first-order chi connectivity index (χ1) is 20.0. The van der Waals surface area contributed by atoms with E-state index >= 15 is 0 Å². The number of aromatic nitrogens is 7. The van der Waals surface area contributed by atoms with Gasteiger partial charge in [0, 0.05) is 19.7 Å². The molecule has 4 heterocycles. The van der Waals surface area contributed by atoms with Crippen LogP contribution in [0.15, 0.2) is 67.1 Å². The van der Waals surface area contributed by atoms with E-state index in [9.17, 15) is 22.8 Å². The quantitative estimate of drug-likeness (QED) is 0.304. The van der Waals surface area contributed by atoms with Crippen molar-refractivity contribution in [2.75, 3.05) is 10.6 Å². The summed E-state index contributed by atoms with van der Waals surface area (Å²) in [5, 5.41) is 18.8. The number of carbonyl (C=O) groups is 2. The fourth-order valence-corrected chi connectivity index (χ4v) is 4.70. The number of anilines is 2. The Labute approximate surface area is 235 Å². The molecular weight excluding hydrogens is 551 g/mol. The first-order valence-corrected chi connectivity index (χ1v) is 12.6. The zero-order valence-corrected chi connectivity index (χ0v) is 22.4. The second-order valence-corrected chi connectivity index (χ2v) is 9.55. The van der Waals surface area contributed by atoms with Crippen LogP contribution in [0.4, 0.5) is 24.5 Å². The maximum Gasteiger partial charge on any atom is 0.433 e. The maximum absolute atomic E-state index is 14.2. The third kappa shape index (κ3) is 4.52. The smallest absolute Gasteiger partial charge is 0.318 e. The molecule has 0 saturated heterocycles. The number of carbonyl (C=O) groups excluding carboxylic acids is 2. The van der Waals surface area contributed by atoms with E-state index in [1.54, 1.807) is 42.9 Å². The van der Waals surface area contributed by atoms with Gasteiger partial charge in [-0.1, -0.05) is 42.5 Å². The third-order valence-corrected chi connectivity index (χ3v) is 6.96. The molecule has 0 unspecified atom stereocenters. The molecule has 0 aliphatic heterocycles. The zero-order valence-electron chi connectivity index (χ0n) is 22.4. The first-order valence-electron chi connectivity index (χ1n) is 12.6. The van der Waals surface area contributed by atoms with Crippen LogP contribution in [0.5, 0.6) is 0 Å². The van der Waals surface area contributed by atoms with Gasteiger partial charge in [-0.05, 0) is 23.8 Å². The van der Waals surface area contributed by atoms with Crippen LogP contribution in [0.3, 0.4) is 0 Å². The Hall–Kier alpha value is -5.53. The highest BCUT2D eigenvalue weighted by Crippen LogP contribution is 2.35. The van der Waals surface area contributed by atoms with Gasteiger partial charge in [0.1, 0.15) is 11.3 Å². The molecule has 6 aromatic rings. The molecule has 42 heavy (non-hydrogen) atoms. The number of rotatable bonds is 5. The van der Waals surface area contributed by atoms with E-state index in [0.717, 1.165) is 17.6 Å². The van der Waals surface area contributed by atoms with Crippen molar-refractivity contribution in [3.8, 4) is 11.3 Å². The molecule has 11 nitrogen and oxygen atoms in total. The Morgan fingerprint density at radius 1 is 0.833 bits per heavy atom. The molecule has 0 saturated carbocycles. The number of halogens is 3. The van der Waals surface area contributed by atoms with Gasteiger partial charge in [-0.25, -0.2) is 9.50 Å². The van der Waals surface area contributed by atoms with Crippen molar-refractivity contribution >= 4 is 39.6 Å². The lowest BCUT2D eigenvalue weighted by Gasteiger charge is -2.13. The van der Waals surface area contributed by atoms with Crippen LogP contribution in [0.25, 0.3) is 27.7 Å². The summed E-state index contributed by atoms with van der Waals surface area (Å²) in [5.41, 5.74) is 0.102. The Kier molecular flexibility index (Phi) is 6.25. The Morgan fingerprint density at radius 3 is 2.26 bits per heavy atom. The lowest BCUT2D eigenvalue weighted by Crippen LogP contribution is -2.20. The lowest BCUT2D eigenvalue weighted by molar-refractivity contribution is -0.142. The van der Waals surface area contributed by atoms with Crippen LogP contribution in [-0.4, -0.2) is 46.0 Å². The molecule has 0 radical (unpaired) electrons. The molecular formula is C28H22F3N9O2. The standard InChI is InChI=1S/C28H22F3N9O2/c1-15-21(13-32-38(15)2)36-27(42)24-22(14-33-39(24)3)37-26(41)19-12-34-40-23(28(29,30)31)11-20(35-25(19)40)18-10-6-8-16-7-4-5-9-17(16)18/h4-14H,1-3H3,(H,36,42)(H,37,41). The minimum atomic E-state index is -4.79. The number of alkyl halides is 3. The minimum absolute atomic E-state index is 0.0171. The number of nitrogens with one attached hydrogen (secondary N) is 2. The molecule has 0 spiro atoms. The van der Waals surface area contributed by atoms with Gasteiger partial charge in [-0.15, -0.1) is 0 Å². The third-order valence-electron chi connectivity index (χ3n) is 6.96. The molecule has 0 atom stereocenters. The summed E-state index contributed by atoms with van der Waals surface area (Å²) < 4.78 is 46.0. The summed E-state index contributed by atoms with van der Waals surface area (Å²) in [6.45, 7) is 1.77. The second kappa shape index (κ2) is 9.83. The number of hydrogen-bond acceptors (Lipinski definition) is 6. The van der Waals surface area contributed by atoms with Crippen LogP contribution >= 0.6 is 0 Å². The average Bonchev–Trinajstić information content (AvgIpc) is 3.64. The molecule has 14 heteroatoms. The van der Waals surface area contributed by atoms with Crippen molar-refractivity contribution in [1.82, 2.24) is 34.2 Å². The van der Waals surface area contributed by atoms with E-state index in [4.69, 9.17) is 0 Å². The van der Waals surface area contributed by atoms with Crippen LogP contribution in [0.1, 0.15) is 32.2 Å². The number of amides is 2. The molecule has 0 bridgehead atoms. The van der Waals surface area contributed by atoms with E-state index in [2.05, 4.69) is 30.9 Å². The van der Waals surface area contributed by atoms with Crippen molar-refractivity contribution in [3.05, 3.63) is 89.8 Å². The van der Waals surface area contributed by atoms with Gasteiger partial charge in [-0.3, -0.25) is 19.0 Å². The van der Waals surface area contributed by atoms with Gasteiger partial charge in [-0.2, -0.15) is 28.5 Å². The first kappa shape index (κ1) is 26.7. The molecule has 2 amide bonds. The molecule has 0 fully saturated rings. The summed E-state index contributed by atoms with van der Waals surface area (Å²) in [6, 6.07) is 13.4. The van der Waals surface area contributed by atoms with Gasteiger partial charge in [0.15, 0.2) is 11.3 Å². The summed E-state index contributed by atoms with van der Waals surface area (Å²) in [7, 11) is 3.24. The molecule has 2 N–H and O–H groups in total. The average molecular weight is 574 g/mol. The van der Waals surface area contributed by atoms with Crippen molar-refractivity contribution in [2.24, 2.45) is 14.1 Å². The van der Waals surface area contributed by atoms with E-state index in [1.807, 2.05) is 18.2 Å². The van der Waals surface area contributed by atoms with E-state index in [1.165, 1.54) is 24.1 Å². The molecule has 212 valence electrons. The van der Waals surface area contributed by atoms with Gasteiger partial charge < -0.3 is 10.6 Å². The minimum Gasteiger partial charge on any atom is -0.318 e. The van der Waals surface area contributed by atoms with Gasteiger partial charge in [0.2, 0.25) is 0 Å². The fraction of sp³-hybridized carbons (Fsp3) is 0.143. The molecule has 0 aliphatic rings. The summed E-state index contributed by atoms with van der Waals surface area (Å²) in [6.07, 6.45) is -1.03. The van der Waals surface area contributed by atoms with E-state index in [-0.39, 0.29) is 28.3 Å². The highest BCUT2D eigenvalue weighted by molar-refractivity contribution is 6.13. The number of nitrogens with zero attached hydrogens (tertiary/aromatic N) is 7.